The molecule has 0 spiro atoms. The normalized spacial score (nSPS) is 11.7. The molecule has 0 amide bonds. The molecule has 0 bridgehead atoms. The molecule has 0 aromatic carbocycles. The fourth-order valence-corrected chi connectivity index (χ4v) is 2.24. The molecule has 0 saturated heterocycles. The molecular weight excluding hydrogens is 308 g/mol. The highest BCUT2D eigenvalue weighted by molar-refractivity contribution is 5.62. The lowest BCUT2D eigenvalue weighted by Gasteiger charge is -2.12. The number of hydrogen-bond acceptors (Lipinski definition) is 4. The fraction of sp³-hybridized carbons (Fsp3) is 0.947. The van der Waals surface area contributed by atoms with E-state index in [2.05, 4.69) is 6.92 Å². The van der Waals surface area contributed by atoms with E-state index in [0.717, 1.165) is 20.0 Å². The summed E-state index contributed by atoms with van der Waals surface area (Å²) in [6.07, 6.45) is 13.6. The molecule has 1 atom stereocenters. The number of ether oxygens (including phenoxy) is 2. The highest BCUT2D eigenvalue weighted by Gasteiger charge is 2.01. The summed E-state index contributed by atoms with van der Waals surface area (Å²) in [5.41, 5.74) is 0. The maximum Gasteiger partial charge on any atom is 0.300 e. The van der Waals surface area contributed by atoms with Gasteiger partial charge in [0.15, 0.2) is 0 Å². The number of carboxylic acid groups (broad SMARTS) is 1. The van der Waals surface area contributed by atoms with Gasteiger partial charge in [-0.1, -0.05) is 64.7 Å². The van der Waals surface area contributed by atoms with Crippen LogP contribution in [0.3, 0.4) is 0 Å². The van der Waals surface area contributed by atoms with Gasteiger partial charge in [0.05, 0.1) is 25.9 Å². The lowest BCUT2D eigenvalue weighted by Crippen LogP contribution is -2.18. The van der Waals surface area contributed by atoms with Crippen LogP contribution < -0.4 is 0 Å². The molecule has 24 heavy (non-hydrogen) atoms. The first kappa shape index (κ1) is 25.6. The molecule has 0 heterocycles. The second kappa shape index (κ2) is 22.4. The van der Waals surface area contributed by atoms with Crippen molar-refractivity contribution in [2.75, 3.05) is 26.4 Å². The van der Waals surface area contributed by atoms with E-state index >= 15 is 0 Å². The number of hydrogen-bond donors (Lipinski definition) is 2. The third kappa shape index (κ3) is 29.4. The van der Waals surface area contributed by atoms with E-state index in [1.54, 1.807) is 0 Å². The summed E-state index contributed by atoms with van der Waals surface area (Å²) in [5, 5.41) is 16.0. The summed E-state index contributed by atoms with van der Waals surface area (Å²) in [7, 11) is 0. The Morgan fingerprint density at radius 2 is 1.38 bits per heavy atom. The summed E-state index contributed by atoms with van der Waals surface area (Å²) in [4.78, 5) is 9.00. The van der Waals surface area contributed by atoms with Gasteiger partial charge in [-0.05, 0) is 13.3 Å². The Hall–Kier alpha value is -0.650. The minimum Gasteiger partial charge on any atom is -0.481 e. The van der Waals surface area contributed by atoms with Crippen LogP contribution in [0, 0.1) is 0 Å². The predicted octanol–water partition coefficient (Wildman–Crippen LogP) is 4.41. The first-order valence-electron chi connectivity index (χ1n) is 9.54. The number of rotatable bonds is 16. The molecule has 0 rings (SSSR count). The quantitative estimate of drug-likeness (QED) is 0.404. The van der Waals surface area contributed by atoms with E-state index < -0.39 is 5.97 Å². The molecule has 5 heteroatoms. The number of unbranched alkanes of at least 4 members (excludes halogenated alkanes) is 9. The zero-order chi connectivity index (χ0) is 18.5. The lowest BCUT2D eigenvalue weighted by molar-refractivity contribution is -0.134. The first-order chi connectivity index (χ1) is 11.5. The van der Waals surface area contributed by atoms with Crippen LogP contribution >= 0.6 is 0 Å². The van der Waals surface area contributed by atoms with E-state index in [4.69, 9.17) is 24.5 Å². The van der Waals surface area contributed by atoms with Crippen LogP contribution in [0.1, 0.15) is 85.0 Å². The Balaban J connectivity index is 0. The third-order valence-corrected chi connectivity index (χ3v) is 3.49. The van der Waals surface area contributed by atoms with Gasteiger partial charge in [-0.2, -0.15) is 0 Å². The summed E-state index contributed by atoms with van der Waals surface area (Å²) >= 11 is 0. The molecule has 0 aliphatic carbocycles. The number of aliphatic hydroxyl groups is 1. The third-order valence-electron chi connectivity index (χ3n) is 3.49. The molecule has 0 aliphatic rings. The Labute approximate surface area is 148 Å². The lowest BCUT2D eigenvalue weighted by atomic mass is 10.1. The first-order valence-corrected chi connectivity index (χ1v) is 9.54. The monoisotopic (exact) mass is 348 g/mol. The Kier molecular flexibility index (Phi) is 23.8. The predicted molar refractivity (Wildman–Crippen MR) is 98.5 cm³/mol. The molecular formula is C19H40O5. The molecule has 0 aromatic heterocycles. The van der Waals surface area contributed by atoms with Gasteiger partial charge in [-0.15, -0.1) is 0 Å². The van der Waals surface area contributed by atoms with Crippen molar-refractivity contribution in [3.8, 4) is 0 Å². The zero-order valence-corrected chi connectivity index (χ0v) is 16.1. The number of carbonyl (C=O) groups is 1. The number of aliphatic hydroxyl groups excluding tert-OH is 1. The second-order valence-electron chi connectivity index (χ2n) is 6.18. The van der Waals surface area contributed by atoms with Gasteiger partial charge >= 0.3 is 0 Å². The van der Waals surface area contributed by atoms with Crippen molar-refractivity contribution in [2.24, 2.45) is 0 Å². The maximum absolute atomic E-state index is 9.00. The average molecular weight is 349 g/mol. The van der Waals surface area contributed by atoms with Crippen molar-refractivity contribution in [1.29, 1.82) is 0 Å². The van der Waals surface area contributed by atoms with Crippen molar-refractivity contribution in [3.05, 3.63) is 0 Å². The number of aliphatic carboxylic acids is 1. The average Bonchev–Trinajstić information content (AvgIpc) is 2.53. The van der Waals surface area contributed by atoms with Gasteiger partial charge in [-0.3, -0.25) is 4.79 Å². The van der Waals surface area contributed by atoms with E-state index in [-0.39, 0.29) is 12.7 Å². The Morgan fingerprint density at radius 3 is 1.83 bits per heavy atom. The zero-order valence-electron chi connectivity index (χ0n) is 16.1. The van der Waals surface area contributed by atoms with E-state index in [0.29, 0.717) is 13.2 Å². The van der Waals surface area contributed by atoms with Crippen LogP contribution in [-0.4, -0.2) is 48.7 Å². The fourth-order valence-electron chi connectivity index (χ4n) is 2.24. The number of carboxylic acids is 1. The van der Waals surface area contributed by atoms with Crippen molar-refractivity contribution in [2.45, 2.75) is 91.1 Å². The van der Waals surface area contributed by atoms with Gasteiger partial charge in [0.1, 0.15) is 0 Å². The second-order valence-corrected chi connectivity index (χ2v) is 6.18. The van der Waals surface area contributed by atoms with E-state index in [1.807, 2.05) is 6.92 Å². The van der Waals surface area contributed by atoms with Gasteiger partial charge in [0.2, 0.25) is 0 Å². The van der Waals surface area contributed by atoms with Crippen molar-refractivity contribution >= 4 is 5.97 Å². The maximum atomic E-state index is 9.00. The summed E-state index contributed by atoms with van der Waals surface area (Å²) in [6.45, 7) is 7.29. The largest absolute Gasteiger partial charge is 0.481 e. The molecule has 0 radical (unpaired) electrons. The summed E-state index contributed by atoms with van der Waals surface area (Å²) in [6, 6.07) is 0. The molecule has 2 N–H and O–H groups in total. The van der Waals surface area contributed by atoms with E-state index in [9.17, 15) is 0 Å². The SMILES string of the molecule is CC(=O)O.CCCCCCCCCCCCOCC(C)OCCO. The van der Waals surface area contributed by atoms with Gasteiger partial charge in [-0.25, -0.2) is 0 Å². The van der Waals surface area contributed by atoms with Gasteiger partial charge < -0.3 is 19.7 Å². The van der Waals surface area contributed by atoms with Gasteiger partial charge in [0.25, 0.3) is 5.97 Å². The minimum atomic E-state index is -0.833. The minimum absolute atomic E-state index is 0.0861. The Bertz CT molecular complexity index is 242. The van der Waals surface area contributed by atoms with Crippen LogP contribution in [0.5, 0.6) is 0 Å². The topological polar surface area (TPSA) is 76.0 Å². The van der Waals surface area contributed by atoms with Crippen LogP contribution in [0.4, 0.5) is 0 Å². The molecule has 1 unspecified atom stereocenters. The molecule has 146 valence electrons. The van der Waals surface area contributed by atoms with Gasteiger partial charge in [0, 0.05) is 13.5 Å². The van der Waals surface area contributed by atoms with Crippen molar-refractivity contribution < 1.29 is 24.5 Å². The molecule has 0 saturated carbocycles. The van der Waals surface area contributed by atoms with Crippen LogP contribution in [0.25, 0.3) is 0 Å². The molecule has 0 aliphatic heterocycles. The van der Waals surface area contributed by atoms with E-state index in [1.165, 1.54) is 57.8 Å². The Morgan fingerprint density at radius 1 is 0.917 bits per heavy atom. The standard InChI is InChI=1S/C17H36O3.C2H4O2/c1-3-4-5-6-7-8-9-10-11-12-14-19-16-17(2)20-15-13-18;1-2(3)4/h17-18H,3-16H2,1-2H3;1H3,(H,3,4). The van der Waals surface area contributed by atoms with Crippen molar-refractivity contribution in [1.82, 2.24) is 0 Å². The van der Waals surface area contributed by atoms with Crippen LogP contribution in [-0.2, 0) is 14.3 Å². The highest BCUT2D eigenvalue weighted by Crippen LogP contribution is 2.10. The van der Waals surface area contributed by atoms with Crippen molar-refractivity contribution in [3.63, 3.8) is 0 Å². The molecule has 0 aromatic rings. The van der Waals surface area contributed by atoms with Crippen LogP contribution in [0.15, 0.2) is 0 Å². The van der Waals surface area contributed by atoms with Crippen LogP contribution in [0.2, 0.25) is 0 Å². The smallest absolute Gasteiger partial charge is 0.300 e. The highest BCUT2D eigenvalue weighted by atomic mass is 16.5. The molecule has 5 nitrogen and oxygen atoms in total. The summed E-state index contributed by atoms with van der Waals surface area (Å²) in [5.74, 6) is -0.833. The molecule has 0 fully saturated rings. The summed E-state index contributed by atoms with van der Waals surface area (Å²) < 4.78 is 10.9.